The number of hydrogen-bond acceptors (Lipinski definition) is 3. The monoisotopic (exact) mass is 335 g/mol. The van der Waals surface area contributed by atoms with E-state index in [4.69, 9.17) is 11.6 Å². The molecule has 1 aromatic heterocycles. The SMILES string of the molecule is CC(C)(C)C(O)C(n1cncn1)C(C)(C)Cc1ccccc1Cl. The Labute approximate surface area is 143 Å². The van der Waals surface area contributed by atoms with Crippen molar-refractivity contribution >= 4 is 11.6 Å². The third-order valence-electron chi connectivity index (χ3n) is 4.31. The predicted molar refractivity (Wildman–Crippen MR) is 93.5 cm³/mol. The zero-order chi connectivity index (χ0) is 17.3. The molecule has 23 heavy (non-hydrogen) atoms. The molecule has 2 unspecified atom stereocenters. The molecule has 1 N–H and O–H groups in total. The molecule has 0 radical (unpaired) electrons. The molecule has 0 aliphatic rings. The number of aliphatic hydroxyl groups is 1. The van der Waals surface area contributed by atoms with E-state index in [1.165, 1.54) is 6.33 Å². The number of halogens is 1. The first-order valence-electron chi connectivity index (χ1n) is 7.88. The number of benzene rings is 1. The standard InChI is InChI=1S/C18H26ClN3O/c1-17(2,3)16(23)15(22-12-20-11-21-22)18(4,5)10-13-8-6-7-9-14(13)19/h6-9,11-12,15-16,23H,10H2,1-5H3. The summed E-state index contributed by atoms with van der Waals surface area (Å²) in [7, 11) is 0. The maximum Gasteiger partial charge on any atom is 0.137 e. The van der Waals surface area contributed by atoms with Gasteiger partial charge in [-0.3, -0.25) is 0 Å². The van der Waals surface area contributed by atoms with Crippen LogP contribution in [0.15, 0.2) is 36.9 Å². The van der Waals surface area contributed by atoms with Gasteiger partial charge in [0, 0.05) is 5.02 Å². The van der Waals surface area contributed by atoms with Gasteiger partial charge in [-0.25, -0.2) is 9.67 Å². The first kappa shape index (κ1) is 18.0. The van der Waals surface area contributed by atoms with Crippen LogP contribution in [0.3, 0.4) is 0 Å². The molecule has 0 bridgehead atoms. The molecule has 0 saturated heterocycles. The summed E-state index contributed by atoms with van der Waals surface area (Å²) in [6, 6.07) is 7.64. The van der Waals surface area contributed by atoms with Crippen LogP contribution in [0.2, 0.25) is 5.02 Å². The summed E-state index contributed by atoms with van der Waals surface area (Å²) in [6.45, 7) is 10.4. The number of hydrogen-bond donors (Lipinski definition) is 1. The number of aromatic nitrogens is 3. The van der Waals surface area contributed by atoms with Gasteiger partial charge in [0.05, 0.1) is 12.1 Å². The lowest BCUT2D eigenvalue weighted by atomic mass is 9.71. The van der Waals surface area contributed by atoms with E-state index >= 15 is 0 Å². The molecule has 2 aromatic rings. The van der Waals surface area contributed by atoms with Crippen molar-refractivity contribution in [2.45, 2.75) is 53.2 Å². The lowest BCUT2D eigenvalue weighted by molar-refractivity contribution is -0.0336. The van der Waals surface area contributed by atoms with E-state index in [0.717, 1.165) is 17.0 Å². The summed E-state index contributed by atoms with van der Waals surface area (Å²) in [6.07, 6.45) is 3.36. The summed E-state index contributed by atoms with van der Waals surface area (Å²) in [4.78, 5) is 4.06. The van der Waals surface area contributed by atoms with Crippen molar-refractivity contribution in [1.82, 2.24) is 14.8 Å². The van der Waals surface area contributed by atoms with Crippen LogP contribution >= 0.6 is 11.6 Å². The zero-order valence-corrected chi connectivity index (χ0v) is 15.2. The second-order valence-electron chi connectivity index (χ2n) is 7.89. The van der Waals surface area contributed by atoms with Crippen molar-refractivity contribution in [3.8, 4) is 0 Å². The summed E-state index contributed by atoms with van der Waals surface area (Å²) >= 11 is 6.33. The first-order valence-corrected chi connectivity index (χ1v) is 8.26. The van der Waals surface area contributed by atoms with E-state index in [2.05, 4.69) is 23.9 Å². The van der Waals surface area contributed by atoms with E-state index in [1.54, 1.807) is 11.0 Å². The Morgan fingerprint density at radius 2 is 1.83 bits per heavy atom. The minimum Gasteiger partial charge on any atom is -0.390 e. The molecule has 126 valence electrons. The molecule has 5 heteroatoms. The third kappa shape index (κ3) is 4.12. The normalized spacial score (nSPS) is 15.4. The number of aliphatic hydroxyl groups excluding tert-OH is 1. The van der Waals surface area contributed by atoms with Crippen molar-refractivity contribution in [1.29, 1.82) is 0 Å². The van der Waals surface area contributed by atoms with Gasteiger partial charge in [0.25, 0.3) is 0 Å². The topological polar surface area (TPSA) is 50.9 Å². The van der Waals surface area contributed by atoms with Gasteiger partial charge in [-0.2, -0.15) is 5.10 Å². The van der Waals surface area contributed by atoms with Crippen molar-refractivity contribution in [2.75, 3.05) is 0 Å². The molecule has 1 aromatic carbocycles. The van der Waals surface area contributed by atoms with Crippen LogP contribution in [0, 0.1) is 10.8 Å². The number of nitrogens with zero attached hydrogens (tertiary/aromatic N) is 3. The average Bonchev–Trinajstić information content (AvgIpc) is 2.93. The van der Waals surface area contributed by atoms with Crippen molar-refractivity contribution in [3.63, 3.8) is 0 Å². The molecule has 0 amide bonds. The van der Waals surface area contributed by atoms with Crippen LogP contribution in [0.1, 0.15) is 46.2 Å². The first-order chi connectivity index (χ1) is 10.6. The summed E-state index contributed by atoms with van der Waals surface area (Å²) in [5.74, 6) is 0. The van der Waals surface area contributed by atoms with E-state index < -0.39 is 6.10 Å². The summed E-state index contributed by atoms with van der Waals surface area (Å²) < 4.78 is 1.77. The lowest BCUT2D eigenvalue weighted by Crippen LogP contribution is -2.44. The fraction of sp³-hybridized carbons (Fsp3) is 0.556. The molecule has 4 nitrogen and oxygen atoms in total. The average molecular weight is 336 g/mol. The Kier molecular flexibility index (Phi) is 5.17. The fourth-order valence-corrected chi connectivity index (χ4v) is 3.20. The quantitative estimate of drug-likeness (QED) is 0.893. The zero-order valence-electron chi connectivity index (χ0n) is 14.5. The van der Waals surface area contributed by atoms with Crippen LogP contribution in [0.5, 0.6) is 0 Å². The van der Waals surface area contributed by atoms with Gasteiger partial charge >= 0.3 is 0 Å². The molecule has 0 spiro atoms. The Morgan fingerprint density at radius 3 is 2.35 bits per heavy atom. The Morgan fingerprint density at radius 1 is 1.17 bits per heavy atom. The molecule has 0 fully saturated rings. The second-order valence-corrected chi connectivity index (χ2v) is 8.30. The number of rotatable bonds is 5. The smallest absolute Gasteiger partial charge is 0.137 e. The van der Waals surface area contributed by atoms with E-state index in [1.807, 2.05) is 45.0 Å². The highest BCUT2D eigenvalue weighted by molar-refractivity contribution is 6.31. The van der Waals surface area contributed by atoms with Gasteiger partial charge in [0.2, 0.25) is 0 Å². The molecule has 0 aliphatic carbocycles. The van der Waals surface area contributed by atoms with Gasteiger partial charge in [-0.05, 0) is 28.9 Å². The molecule has 1 heterocycles. The molecule has 0 saturated carbocycles. The van der Waals surface area contributed by atoms with Crippen LogP contribution in [-0.2, 0) is 6.42 Å². The van der Waals surface area contributed by atoms with Crippen LogP contribution in [0.4, 0.5) is 0 Å². The van der Waals surface area contributed by atoms with Crippen molar-refractivity contribution in [3.05, 3.63) is 47.5 Å². The van der Waals surface area contributed by atoms with Crippen LogP contribution < -0.4 is 0 Å². The van der Waals surface area contributed by atoms with Gasteiger partial charge in [0.1, 0.15) is 12.7 Å². The Bertz CT molecular complexity index is 632. The molecule has 0 aliphatic heterocycles. The van der Waals surface area contributed by atoms with Crippen molar-refractivity contribution in [2.24, 2.45) is 10.8 Å². The third-order valence-corrected chi connectivity index (χ3v) is 4.68. The van der Waals surface area contributed by atoms with Crippen LogP contribution in [-0.4, -0.2) is 26.0 Å². The van der Waals surface area contributed by atoms with Crippen LogP contribution in [0.25, 0.3) is 0 Å². The maximum absolute atomic E-state index is 11.0. The molecule has 2 atom stereocenters. The highest BCUT2D eigenvalue weighted by Gasteiger charge is 2.42. The van der Waals surface area contributed by atoms with E-state index in [9.17, 15) is 5.11 Å². The lowest BCUT2D eigenvalue weighted by Gasteiger charge is -2.42. The summed E-state index contributed by atoms with van der Waals surface area (Å²) in [5.41, 5.74) is 0.546. The highest BCUT2D eigenvalue weighted by atomic mass is 35.5. The van der Waals surface area contributed by atoms with Gasteiger partial charge in [0.15, 0.2) is 0 Å². The summed E-state index contributed by atoms with van der Waals surface area (Å²) in [5, 5.41) is 16.0. The Balaban J connectivity index is 2.39. The van der Waals surface area contributed by atoms with Gasteiger partial charge < -0.3 is 5.11 Å². The minimum atomic E-state index is -0.568. The highest BCUT2D eigenvalue weighted by Crippen LogP contribution is 2.42. The second kappa shape index (κ2) is 6.62. The Hall–Kier alpha value is -1.39. The fourth-order valence-electron chi connectivity index (χ4n) is 3.00. The largest absolute Gasteiger partial charge is 0.390 e. The maximum atomic E-state index is 11.0. The molecule has 2 rings (SSSR count). The van der Waals surface area contributed by atoms with Crippen molar-refractivity contribution < 1.29 is 5.11 Å². The van der Waals surface area contributed by atoms with E-state index in [-0.39, 0.29) is 16.9 Å². The predicted octanol–water partition coefficient (Wildman–Crippen LogP) is 4.15. The van der Waals surface area contributed by atoms with Gasteiger partial charge in [-0.1, -0.05) is 64.4 Å². The van der Waals surface area contributed by atoms with E-state index in [0.29, 0.717) is 0 Å². The molecular formula is C18H26ClN3O. The molecular weight excluding hydrogens is 310 g/mol. The minimum absolute atomic E-state index is 0.207. The van der Waals surface area contributed by atoms with Gasteiger partial charge in [-0.15, -0.1) is 0 Å².